The molecule has 0 aromatic heterocycles. The first-order chi connectivity index (χ1) is 8.61. The fourth-order valence-corrected chi connectivity index (χ4v) is 2.00. The molecule has 4 heteroatoms. The van der Waals surface area contributed by atoms with Crippen LogP contribution in [-0.4, -0.2) is 11.7 Å². The molecule has 2 nitrogen and oxygen atoms in total. The van der Waals surface area contributed by atoms with Crippen molar-refractivity contribution in [3.8, 4) is 11.1 Å². The fourth-order valence-electron chi connectivity index (χ4n) is 1.70. The maximum absolute atomic E-state index is 8.98. The molecule has 0 saturated heterocycles. The van der Waals surface area contributed by atoms with Crippen LogP contribution < -0.4 is 5.73 Å². The lowest BCUT2D eigenvalue weighted by atomic mass is 10.0. The van der Waals surface area contributed by atoms with Gasteiger partial charge in [0.15, 0.2) is 0 Å². The summed E-state index contributed by atoms with van der Waals surface area (Å²) in [6, 6.07) is 12.9. The Labute approximate surface area is 116 Å². The van der Waals surface area contributed by atoms with Crippen LogP contribution >= 0.6 is 23.2 Å². The van der Waals surface area contributed by atoms with Crippen LogP contribution in [0.5, 0.6) is 0 Å². The first-order valence-electron chi connectivity index (χ1n) is 5.53. The molecule has 2 aromatic rings. The molecule has 18 heavy (non-hydrogen) atoms. The maximum atomic E-state index is 8.98. The molecular weight excluding hydrogens is 269 g/mol. The van der Waals surface area contributed by atoms with Gasteiger partial charge in [-0.05, 0) is 28.8 Å². The minimum atomic E-state index is -0.340. The molecule has 94 valence electrons. The van der Waals surface area contributed by atoms with Gasteiger partial charge in [0, 0.05) is 0 Å². The van der Waals surface area contributed by atoms with Crippen molar-refractivity contribution >= 4 is 23.2 Å². The first kappa shape index (κ1) is 13.4. The lowest BCUT2D eigenvalue weighted by Crippen LogP contribution is -2.14. The number of nitrogens with two attached hydrogens (primary N) is 1. The minimum Gasteiger partial charge on any atom is -0.394 e. The van der Waals surface area contributed by atoms with E-state index in [9.17, 15) is 0 Å². The minimum absolute atomic E-state index is 0.0634. The van der Waals surface area contributed by atoms with Crippen LogP contribution in [0.3, 0.4) is 0 Å². The van der Waals surface area contributed by atoms with Crippen molar-refractivity contribution < 1.29 is 5.11 Å². The van der Waals surface area contributed by atoms with Gasteiger partial charge in [-0.25, -0.2) is 0 Å². The number of hydrogen-bond acceptors (Lipinski definition) is 2. The molecule has 0 radical (unpaired) electrons. The normalized spacial score (nSPS) is 12.4. The summed E-state index contributed by atoms with van der Waals surface area (Å²) >= 11 is 11.9. The lowest BCUT2D eigenvalue weighted by Gasteiger charge is -2.09. The van der Waals surface area contributed by atoms with Gasteiger partial charge in [0.1, 0.15) is 0 Å². The predicted molar refractivity (Wildman–Crippen MR) is 75.9 cm³/mol. The van der Waals surface area contributed by atoms with E-state index in [-0.39, 0.29) is 12.6 Å². The van der Waals surface area contributed by atoms with Gasteiger partial charge in [-0.3, -0.25) is 0 Å². The zero-order valence-electron chi connectivity index (χ0n) is 9.61. The van der Waals surface area contributed by atoms with Crippen molar-refractivity contribution in [2.24, 2.45) is 5.73 Å². The van der Waals surface area contributed by atoms with Gasteiger partial charge in [-0.2, -0.15) is 0 Å². The topological polar surface area (TPSA) is 46.2 Å². The van der Waals surface area contributed by atoms with Gasteiger partial charge in [0.2, 0.25) is 0 Å². The third-order valence-electron chi connectivity index (χ3n) is 2.79. The molecule has 3 N–H and O–H groups in total. The van der Waals surface area contributed by atoms with E-state index >= 15 is 0 Å². The molecule has 0 bridgehead atoms. The first-order valence-corrected chi connectivity index (χ1v) is 6.29. The van der Waals surface area contributed by atoms with Crippen LogP contribution in [0.15, 0.2) is 42.5 Å². The molecule has 0 unspecified atom stereocenters. The van der Waals surface area contributed by atoms with Crippen LogP contribution in [-0.2, 0) is 0 Å². The highest BCUT2D eigenvalue weighted by molar-refractivity contribution is 6.42. The van der Waals surface area contributed by atoms with Gasteiger partial charge in [0.25, 0.3) is 0 Å². The maximum Gasteiger partial charge on any atom is 0.0624 e. The Balaban J connectivity index is 2.31. The smallest absolute Gasteiger partial charge is 0.0624 e. The van der Waals surface area contributed by atoms with E-state index in [0.717, 1.165) is 16.7 Å². The highest BCUT2D eigenvalue weighted by Gasteiger charge is 2.05. The summed E-state index contributed by atoms with van der Waals surface area (Å²) in [6.45, 7) is -0.0634. The highest BCUT2D eigenvalue weighted by atomic mass is 35.5. The lowest BCUT2D eigenvalue weighted by molar-refractivity contribution is 0.268. The zero-order valence-corrected chi connectivity index (χ0v) is 11.1. The summed E-state index contributed by atoms with van der Waals surface area (Å²) in [5.41, 5.74) is 8.67. The Morgan fingerprint density at radius 2 is 1.56 bits per heavy atom. The van der Waals surface area contributed by atoms with E-state index < -0.39 is 0 Å². The number of hydrogen-bond donors (Lipinski definition) is 2. The largest absolute Gasteiger partial charge is 0.394 e. The van der Waals surface area contributed by atoms with E-state index in [4.69, 9.17) is 34.0 Å². The Morgan fingerprint density at radius 1 is 0.944 bits per heavy atom. The van der Waals surface area contributed by atoms with Crippen molar-refractivity contribution in [2.45, 2.75) is 6.04 Å². The Kier molecular flexibility index (Phi) is 4.25. The molecule has 2 rings (SSSR count). The Hall–Kier alpha value is -1.06. The second kappa shape index (κ2) is 5.72. The molecule has 0 aliphatic heterocycles. The average Bonchev–Trinajstić information content (AvgIpc) is 2.41. The summed E-state index contributed by atoms with van der Waals surface area (Å²) in [5.74, 6) is 0. The second-order valence-electron chi connectivity index (χ2n) is 4.04. The number of benzene rings is 2. The molecule has 0 aliphatic carbocycles. The molecule has 2 aromatic carbocycles. The molecule has 0 saturated carbocycles. The Morgan fingerprint density at radius 3 is 2.11 bits per heavy atom. The summed E-state index contributed by atoms with van der Waals surface area (Å²) in [4.78, 5) is 0. The number of aliphatic hydroxyl groups excluding tert-OH is 1. The molecule has 0 heterocycles. The molecule has 0 amide bonds. The van der Waals surface area contributed by atoms with Crippen LogP contribution in [0.25, 0.3) is 11.1 Å². The van der Waals surface area contributed by atoms with Gasteiger partial charge in [0.05, 0.1) is 22.7 Å². The van der Waals surface area contributed by atoms with E-state index in [1.54, 1.807) is 6.07 Å². The standard InChI is InChI=1S/C14H13Cl2NO/c15-12-6-5-11(7-13(12)16)9-1-3-10(4-2-9)14(17)8-18/h1-7,14,18H,8,17H2/t14-/m1/s1. The average molecular weight is 282 g/mol. The van der Waals surface area contributed by atoms with Crippen LogP contribution in [0.4, 0.5) is 0 Å². The van der Waals surface area contributed by atoms with E-state index in [1.165, 1.54) is 0 Å². The fraction of sp³-hybridized carbons (Fsp3) is 0.143. The van der Waals surface area contributed by atoms with Crippen molar-refractivity contribution in [1.29, 1.82) is 0 Å². The van der Waals surface area contributed by atoms with Crippen molar-refractivity contribution in [3.05, 3.63) is 58.1 Å². The van der Waals surface area contributed by atoms with Gasteiger partial charge in [-0.1, -0.05) is 53.5 Å². The van der Waals surface area contributed by atoms with E-state index in [1.807, 2.05) is 36.4 Å². The zero-order chi connectivity index (χ0) is 13.1. The number of rotatable bonds is 3. The molecule has 0 fully saturated rings. The summed E-state index contributed by atoms with van der Waals surface area (Å²) < 4.78 is 0. The van der Waals surface area contributed by atoms with Crippen molar-refractivity contribution in [1.82, 2.24) is 0 Å². The van der Waals surface area contributed by atoms with Gasteiger partial charge >= 0.3 is 0 Å². The van der Waals surface area contributed by atoms with Gasteiger partial charge < -0.3 is 10.8 Å². The van der Waals surface area contributed by atoms with E-state index in [0.29, 0.717) is 10.0 Å². The van der Waals surface area contributed by atoms with Crippen LogP contribution in [0.1, 0.15) is 11.6 Å². The Bertz CT molecular complexity index is 540. The third kappa shape index (κ3) is 2.85. The summed E-state index contributed by atoms with van der Waals surface area (Å²) in [5, 5.41) is 10.1. The third-order valence-corrected chi connectivity index (χ3v) is 3.53. The molecule has 0 spiro atoms. The quantitative estimate of drug-likeness (QED) is 0.902. The van der Waals surface area contributed by atoms with Crippen molar-refractivity contribution in [3.63, 3.8) is 0 Å². The van der Waals surface area contributed by atoms with Crippen molar-refractivity contribution in [2.75, 3.05) is 6.61 Å². The monoisotopic (exact) mass is 281 g/mol. The predicted octanol–water partition coefficient (Wildman–Crippen LogP) is 3.65. The highest BCUT2D eigenvalue weighted by Crippen LogP contribution is 2.28. The van der Waals surface area contributed by atoms with E-state index in [2.05, 4.69) is 0 Å². The van der Waals surface area contributed by atoms with Gasteiger partial charge in [-0.15, -0.1) is 0 Å². The number of halogens is 2. The summed E-state index contributed by atoms with van der Waals surface area (Å²) in [7, 11) is 0. The molecule has 1 atom stereocenters. The molecular formula is C14H13Cl2NO. The van der Waals surface area contributed by atoms with Crippen LogP contribution in [0, 0.1) is 0 Å². The van der Waals surface area contributed by atoms with Crippen LogP contribution in [0.2, 0.25) is 10.0 Å². The summed E-state index contributed by atoms with van der Waals surface area (Å²) in [6.07, 6.45) is 0. The second-order valence-corrected chi connectivity index (χ2v) is 4.85. The molecule has 0 aliphatic rings. The number of aliphatic hydroxyl groups is 1. The SMILES string of the molecule is N[C@H](CO)c1ccc(-c2ccc(Cl)c(Cl)c2)cc1.